The number of fused-ring (bicyclic) bond motifs is 1. The predicted molar refractivity (Wildman–Crippen MR) is 171 cm³/mol. The fourth-order valence-electron chi connectivity index (χ4n) is 5.82. The quantitative estimate of drug-likeness (QED) is 0.339. The second kappa shape index (κ2) is 14.3. The van der Waals surface area contributed by atoms with Crippen LogP contribution in [0.4, 0.5) is 15.3 Å². The lowest BCUT2D eigenvalue weighted by Gasteiger charge is -2.34. The summed E-state index contributed by atoms with van der Waals surface area (Å²) in [6, 6.07) is 11.3. The minimum Gasteiger partial charge on any atom is -0.497 e. The first-order valence-corrected chi connectivity index (χ1v) is 15.5. The maximum Gasteiger partial charge on any atom is 0.410 e. The number of carbonyl (C=O) groups excluding carboxylic acids is 4. The van der Waals surface area contributed by atoms with Crippen molar-refractivity contribution in [2.24, 2.45) is 0 Å². The van der Waals surface area contributed by atoms with E-state index in [0.717, 1.165) is 16.7 Å². The molecule has 2 aliphatic heterocycles. The molecule has 0 saturated carbocycles. The molecule has 11 heteroatoms. The van der Waals surface area contributed by atoms with E-state index < -0.39 is 17.3 Å². The van der Waals surface area contributed by atoms with Crippen LogP contribution >= 0.6 is 0 Å². The van der Waals surface area contributed by atoms with Gasteiger partial charge in [0.25, 0.3) is 11.7 Å². The maximum atomic E-state index is 13.7. The lowest BCUT2D eigenvalue weighted by molar-refractivity contribution is -0.114. The Bertz CT molecular complexity index is 1390. The molecule has 244 valence electrons. The molecule has 2 aliphatic rings. The number of likely N-dealkylation sites (N-methyl/N-ethyl adjacent to an activating group) is 2. The zero-order valence-corrected chi connectivity index (χ0v) is 27.6. The number of ketones is 1. The molecule has 2 heterocycles. The smallest absolute Gasteiger partial charge is 0.410 e. The first-order valence-electron chi connectivity index (χ1n) is 15.5. The highest BCUT2D eigenvalue weighted by molar-refractivity contribution is 6.52. The predicted octanol–water partition coefficient (Wildman–Crippen LogP) is 5.06. The zero-order chi connectivity index (χ0) is 32.9. The molecular formula is C34H46N4O7. The summed E-state index contributed by atoms with van der Waals surface area (Å²) < 4.78 is 15.9. The van der Waals surface area contributed by atoms with Gasteiger partial charge in [0.15, 0.2) is 0 Å². The third-order valence-corrected chi connectivity index (χ3v) is 8.16. The van der Waals surface area contributed by atoms with Crippen LogP contribution in [0.5, 0.6) is 5.75 Å². The molecule has 0 atom stereocenters. The molecule has 0 unspecified atom stereocenters. The molecule has 0 aliphatic carbocycles. The molecule has 0 bridgehead atoms. The molecule has 3 amide bonds. The van der Waals surface area contributed by atoms with E-state index in [-0.39, 0.29) is 24.6 Å². The number of nitrogens with zero attached hydrogens (tertiary/aromatic N) is 4. The lowest BCUT2D eigenvalue weighted by atomic mass is 9.82. The minimum atomic E-state index is -0.579. The van der Waals surface area contributed by atoms with Crippen LogP contribution in [0.1, 0.15) is 73.5 Å². The van der Waals surface area contributed by atoms with Crippen LogP contribution in [0, 0.1) is 0 Å². The Morgan fingerprint density at radius 2 is 1.64 bits per heavy atom. The molecule has 4 rings (SSSR count). The summed E-state index contributed by atoms with van der Waals surface area (Å²) in [6.07, 6.45) is 0.574. The molecule has 0 N–H and O–H groups in total. The molecular weight excluding hydrogens is 576 g/mol. The molecule has 1 saturated heterocycles. The Morgan fingerprint density at radius 1 is 0.978 bits per heavy atom. The molecule has 2 aromatic rings. The topological polar surface area (TPSA) is 109 Å². The van der Waals surface area contributed by atoms with Gasteiger partial charge in [-0.3, -0.25) is 9.59 Å². The second-order valence-electron chi connectivity index (χ2n) is 12.7. The van der Waals surface area contributed by atoms with Crippen molar-refractivity contribution in [2.45, 2.75) is 65.1 Å². The van der Waals surface area contributed by atoms with Crippen LogP contribution in [0.15, 0.2) is 36.4 Å². The van der Waals surface area contributed by atoms with Crippen molar-refractivity contribution in [1.82, 2.24) is 14.7 Å². The fourth-order valence-corrected chi connectivity index (χ4v) is 5.82. The van der Waals surface area contributed by atoms with Gasteiger partial charge in [0.1, 0.15) is 11.4 Å². The van der Waals surface area contributed by atoms with Gasteiger partial charge in [-0.1, -0.05) is 18.2 Å². The number of methoxy groups -OCH3 is 1. The normalized spacial score (nSPS) is 15.4. The second-order valence-corrected chi connectivity index (χ2v) is 12.7. The van der Waals surface area contributed by atoms with Crippen LogP contribution in [0.25, 0.3) is 0 Å². The number of Topliss-reactive ketones (excluding diaryl/α,β-unsaturated/α-hetero) is 1. The summed E-state index contributed by atoms with van der Waals surface area (Å²) in [5.74, 6) is -0.354. The number of piperidine rings is 1. The van der Waals surface area contributed by atoms with Crippen molar-refractivity contribution in [1.29, 1.82) is 0 Å². The third-order valence-electron chi connectivity index (χ3n) is 8.16. The SMILES string of the molecule is CCOC(=O)N1CCC(c2c(CN(C)CCN(C)C(=O)OC(C)(C)C)ccc3c2C(=O)C(=O)N3Cc2ccc(OC)cc2)CC1. The number of rotatable bonds is 10. The van der Waals surface area contributed by atoms with Gasteiger partial charge in [-0.25, -0.2) is 9.59 Å². The summed E-state index contributed by atoms with van der Waals surface area (Å²) in [5, 5.41) is 0. The van der Waals surface area contributed by atoms with Crippen molar-refractivity contribution in [3.8, 4) is 5.75 Å². The molecule has 1 fully saturated rings. The largest absolute Gasteiger partial charge is 0.497 e. The molecule has 2 aromatic carbocycles. The zero-order valence-electron chi connectivity index (χ0n) is 27.6. The highest BCUT2D eigenvalue weighted by Crippen LogP contribution is 2.42. The van der Waals surface area contributed by atoms with Gasteiger partial charge in [-0.15, -0.1) is 0 Å². The van der Waals surface area contributed by atoms with Gasteiger partial charge >= 0.3 is 12.2 Å². The Morgan fingerprint density at radius 3 is 2.24 bits per heavy atom. The van der Waals surface area contributed by atoms with Crippen LogP contribution in [0.2, 0.25) is 0 Å². The summed E-state index contributed by atoms with van der Waals surface area (Å²) in [6.45, 7) is 10.4. The van der Waals surface area contributed by atoms with E-state index >= 15 is 0 Å². The van der Waals surface area contributed by atoms with Gasteiger partial charge in [0, 0.05) is 39.8 Å². The summed E-state index contributed by atoms with van der Waals surface area (Å²) >= 11 is 0. The summed E-state index contributed by atoms with van der Waals surface area (Å²) in [5.41, 5.74) is 3.20. The standard InChI is InChI=1S/C34H46N4O7/c1-8-44-33(42)37-17-15-24(16-18-37)28-25(22-35(5)19-20-36(6)32(41)45-34(2,3)4)11-14-27-29(28)30(39)31(40)38(27)21-23-9-12-26(43-7)13-10-23/h9-14,24H,8,15-22H2,1-7H3. The Balaban J connectivity index is 1.60. The summed E-state index contributed by atoms with van der Waals surface area (Å²) in [4.78, 5) is 58.9. The van der Waals surface area contributed by atoms with E-state index in [0.29, 0.717) is 69.2 Å². The van der Waals surface area contributed by atoms with E-state index in [1.807, 2.05) is 64.2 Å². The maximum absolute atomic E-state index is 13.7. The average molecular weight is 623 g/mol. The van der Waals surface area contributed by atoms with Crippen LogP contribution < -0.4 is 9.64 Å². The van der Waals surface area contributed by atoms with Crippen molar-refractivity contribution in [2.75, 3.05) is 58.9 Å². The van der Waals surface area contributed by atoms with Crippen LogP contribution in [-0.4, -0.2) is 98.2 Å². The average Bonchev–Trinajstić information content (AvgIpc) is 3.24. The van der Waals surface area contributed by atoms with Crippen molar-refractivity contribution >= 4 is 29.6 Å². The Hall–Kier alpha value is -4.12. The van der Waals surface area contributed by atoms with Gasteiger partial charge in [0.2, 0.25) is 0 Å². The van der Waals surface area contributed by atoms with Crippen LogP contribution in [0.3, 0.4) is 0 Å². The lowest BCUT2D eigenvalue weighted by Crippen LogP contribution is -2.39. The third kappa shape index (κ3) is 8.13. The molecule has 0 aromatic heterocycles. The van der Waals surface area contributed by atoms with Crippen molar-refractivity contribution in [3.63, 3.8) is 0 Å². The number of hydrogen-bond acceptors (Lipinski definition) is 8. The summed E-state index contributed by atoms with van der Waals surface area (Å²) in [7, 11) is 5.27. The van der Waals surface area contributed by atoms with Gasteiger partial charge < -0.3 is 33.8 Å². The van der Waals surface area contributed by atoms with Crippen LogP contribution in [-0.2, 0) is 27.4 Å². The number of benzene rings is 2. The van der Waals surface area contributed by atoms with E-state index in [4.69, 9.17) is 14.2 Å². The molecule has 11 nitrogen and oxygen atoms in total. The number of amides is 3. The fraction of sp³-hybridized carbons (Fsp3) is 0.529. The first-order chi connectivity index (χ1) is 21.3. The van der Waals surface area contributed by atoms with Crippen molar-refractivity contribution < 1.29 is 33.4 Å². The van der Waals surface area contributed by atoms with E-state index in [1.165, 1.54) is 0 Å². The van der Waals surface area contributed by atoms with Gasteiger partial charge in [-0.05, 0) is 88.4 Å². The number of anilines is 1. The minimum absolute atomic E-state index is 0.0175. The highest BCUT2D eigenvalue weighted by atomic mass is 16.6. The highest BCUT2D eigenvalue weighted by Gasteiger charge is 2.41. The Kier molecular flexibility index (Phi) is 10.7. The van der Waals surface area contributed by atoms with E-state index in [1.54, 1.807) is 35.8 Å². The number of hydrogen-bond donors (Lipinski definition) is 0. The molecule has 45 heavy (non-hydrogen) atoms. The number of ether oxygens (including phenoxy) is 3. The van der Waals surface area contributed by atoms with E-state index in [2.05, 4.69) is 4.90 Å². The van der Waals surface area contributed by atoms with Crippen molar-refractivity contribution in [3.05, 3.63) is 58.7 Å². The number of carbonyl (C=O) groups is 4. The number of likely N-dealkylation sites (tertiary alicyclic amines) is 1. The molecule has 0 spiro atoms. The Labute approximate surface area is 266 Å². The van der Waals surface area contributed by atoms with E-state index in [9.17, 15) is 19.2 Å². The molecule has 0 radical (unpaired) electrons. The van der Waals surface area contributed by atoms with Gasteiger partial charge in [0.05, 0.1) is 31.5 Å². The monoisotopic (exact) mass is 622 g/mol. The van der Waals surface area contributed by atoms with Gasteiger partial charge in [-0.2, -0.15) is 0 Å². The first kappa shape index (κ1) is 33.8.